The number of thiazole rings is 1. The molecule has 1 aliphatic carbocycles. The summed E-state index contributed by atoms with van der Waals surface area (Å²) in [6.45, 7) is -0.337. The lowest BCUT2D eigenvalue weighted by molar-refractivity contribution is -0.141. The second-order valence-electron chi connectivity index (χ2n) is 8.30. The zero-order chi connectivity index (χ0) is 27.6. The van der Waals surface area contributed by atoms with E-state index in [0.717, 1.165) is 34.6 Å². The van der Waals surface area contributed by atoms with Crippen molar-refractivity contribution in [3.05, 3.63) is 44.8 Å². The molecule has 0 atom stereocenters. The summed E-state index contributed by atoms with van der Waals surface area (Å²) in [7, 11) is -1.86. The zero-order valence-electron chi connectivity index (χ0n) is 20.2. The first kappa shape index (κ1) is 27.6. The van der Waals surface area contributed by atoms with Gasteiger partial charge < -0.3 is 19.4 Å². The molecule has 0 saturated carbocycles. The molecule has 2 heterocycles. The van der Waals surface area contributed by atoms with E-state index in [2.05, 4.69) is 15.0 Å². The van der Waals surface area contributed by atoms with Crippen molar-refractivity contribution in [3.63, 3.8) is 0 Å². The lowest BCUT2D eigenvalue weighted by Gasteiger charge is -2.07. The number of benzene rings is 1. The maximum absolute atomic E-state index is 13.7. The Labute approximate surface area is 223 Å². The van der Waals surface area contributed by atoms with E-state index in [1.807, 2.05) is 0 Å². The average Bonchev–Trinajstić information content (AvgIpc) is 3.50. The van der Waals surface area contributed by atoms with Crippen LogP contribution < -0.4 is 10.1 Å². The van der Waals surface area contributed by atoms with Gasteiger partial charge in [-0.15, -0.1) is 11.3 Å². The Balaban J connectivity index is 1.52. The van der Waals surface area contributed by atoms with Crippen LogP contribution in [0.2, 0.25) is 0 Å². The molecule has 0 bridgehead atoms. The van der Waals surface area contributed by atoms with Crippen molar-refractivity contribution in [2.45, 2.75) is 25.8 Å². The molecular weight excluding hydrogens is 561 g/mol. The Hall–Kier alpha value is -3.43. The molecule has 1 aromatic carbocycles. The number of carbonyl (C=O) groups is 4. The van der Waals surface area contributed by atoms with Crippen molar-refractivity contribution < 1.29 is 41.5 Å². The number of sulfone groups is 1. The van der Waals surface area contributed by atoms with Gasteiger partial charge in [-0.1, -0.05) is 11.3 Å². The Morgan fingerprint density at radius 3 is 2.58 bits per heavy atom. The summed E-state index contributed by atoms with van der Waals surface area (Å²) in [5.74, 6) is -5.90. The van der Waals surface area contributed by atoms with Crippen LogP contribution in [-0.4, -0.2) is 62.5 Å². The van der Waals surface area contributed by atoms with E-state index in [9.17, 15) is 32.0 Å². The van der Waals surface area contributed by atoms with Gasteiger partial charge in [0.15, 0.2) is 14.6 Å². The van der Waals surface area contributed by atoms with Crippen LogP contribution in [0.5, 0.6) is 0 Å². The summed E-state index contributed by atoms with van der Waals surface area (Å²) >= 11 is 2.08. The van der Waals surface area contributed by atoms with Crippen LogP contribution >= 0.6 is 22.7 Å². The van der Waals surface area contributed by atoms with Gasteiger partial charge >= 0.3 is 11.9 Å². The van der Waals surface area contributed by atoms with E-state index >= 15 is 0 Å². The highest BCUT2D eigenvalue weighted by Crippen LogP contribution is 2.39. The number of ether oxygens (including phenoxy) is 2. The minimum atomic E-state index is -4.25. The number of halogens is 1. The Kier molecular flexibility index (Phi) is 8.08. The number of fused-ring (bicyclic) bond motifs is 2. The summed E-state index contributed by atoms with van der Waals surface area (Å²) in [5.41, 5.74) is 1.41. The van der Waals surface area contributed by atoms with Gasteiger partial charge in [0.05, 0.1) is 30.0 Å². The van der Waals surface area contributed by atoms with Gasteiger partial charge in [-0.2, -0.15) is 4.99 Å². The zero-order valence-corrected chi connectivity index (χ0v) is 22.7. The van der Waals surface area contributed by atoms with Crippen molar-refractivity contribution in [1.82, 2.24) is 4.57 Å². The molecule has 11 nitrogen and oxygen atoms in total. The quantitative estimate of drug-likeness (QED) is 0.395. The number of carbonyl (C=O) groups excluding carboxylic acids is 4. The Morgan fingerprint density at radius 2 is 1.87 bits per heavy atom. The fourth-order valence-electron chi connectivity index (χ4n) is 4.03. The van der Waals surface area contributed by atoms with Gasteiger partial charge in [-0.25, -0.2) is 17.6 Å². The van der Waals surface area contributed by atoms with Gasteiger partial charge in [-0.3, -0.25) is 14.4 Å². The number of hydrogen-bond acceptors (Lipinski definition) is 10. The van der Waals surface area contributed by atoms with E-state index in [1.165, 1.54) is 48.3 Å². The van der Waals surface area contributed by atoms with Crippen molar-refractivity contribution in [2.75, 3.05) is 31.0 Å². The van der Waals surface area contributed by atoms with E-state index in [1.54, 1.807) is 0 Å². The smallest absolute Gasteiger partial charge is 0.341 e. The number of amides is 2. The third kappa shape index (κ3) is 6.00. The molecule has 0 radical (unpaired) electrons. The highest BCUT2D eigenvalue weighted by Gasteiger charge is 2.29. The Bertz CT molecular complexity index is 1630. The molecule has 1 aliphatic rings. The van der Waals surface area contributed by atoms with Crippen LogP contribution in [0.4, 0.5) is 9.39 Å². The number of aromatic nitrogens is 1. The molecule has 15 heteroatoms. The number of nitrogens with one attached hydrogen (secondary N) is 1. The van der Waals surface area contributed by atoms with Crippen LogP contribution in [0, 0.1) is 5.82 Å². The molecule has 1 N–H and O–H groups in total. The van der Waals surface area contributed by atoms with Crippen molar-refractivity contribution in [3.8, 4) is 0 Å². The van der Waals surface area contributed by atoms with Crippen LogP contribution in [0.3, 0.4) is 0 Å². The summed E-state index contributed by atoms with van der Waals surface area (Å²) in [5, 5.41) is 2.67. The number of nitrogens with zero attached hydrogens (tertiary/aromatic N) is 2. The van der Waals surface area contributed by atoms with E-state index < -0.39 is 50.9 Å². The molecule has 0 spiro atoms. The van der Waals surface area contributed by atoms with Crippen LogP contribution in [0.15, 0.2) is 23.2 Å². The molecular formula is C23H22FN3O8S3. The number of hydrogen-bond donors (Lipinski definition) is 1. The fraction of sp³-hybridized carbons (Fsp3) is 0.348. The lowest BCUT2D eigenvalue weighted by Crippen LogP contribution is -2.29. The molecule has 2 amide bonds. The molecule has 3 aromatic rings. The highest BCUT2D eigenvalue weighted by atomic mass is 32.2. The standard InChI is InChI=1S/C23H22FN3O8S3/c1-34-19(30)9-27-14-7-6-12(24)8-16(14)37-23(27)26-18(29)11-38(32,33)10-17(28)25-21-20(22(31)35-2)13-4-3-5-15(13)36-21/h6-8H,3-5,9-11H2,1-2H3,(H,25,28). The lowest BCUT2D eigenvalue weighted by atomic mass is 10.1. The van der Waals surface area contributed by atoms with Crippen molar-refractivity contribution >= 4 is 71.5 Å². The van der Waals surface area contributed by atoms with E-state index in [-0.39, 0.29) is 21.9 Å². The minimum absolute atomic E-state index is 0.0310. The maximum Gasteiger partial charge on any atom is 0.341 e. The largest absolute Gasteiger partial charge is 0.468 e. The number of esters is 2. The molecule has 0 fully saturated rings. The first-order valence-electron chi connectivity index (χ1n) is 11.2. The maximum atomic E-state index is 13.7. The summed E-state index contributed by atoms with van der Waals surface area (Å²) in [6.07, 6.45) is 2.27. The molecule has 0 unspecified atom stereocenters. The summed E-state index contributed by atoms with van der Waals surface area (Å²) in [4.78, 5) is 53.9. The number of aryl methyl sites for hydroxylation is 1. The monoisotopic (exact) mass is 583 g/mol. The molecule has 202 valence electrons. The fourth-order valence-corrected chi connectivity index (χ4v) is 7.41. The summed E-state index contributed by atoms with van der Waals surface area (Å²) < 4.78 is 50.1. The van der Waals surface area contributed by atoms with E-state index in [0.29, 0.717) is 16.6 Å². The molecule has 38 heavy (non-hydrogen) atoms. The van der Waals surface area contributed by atoms with Crippen LogP contribution in [0.1, 0.15) is 27.2 Å². The number of anilines is 1. The van der Waals surface area contributed by atoms with Crippen molar-refractivity contribution in [2.24, 2.45) is 4.99 Å². The van der Waals surface area contributed by atoms with E-state index in [4.69, 9.17) is 4.74 Å². The van der Waals surface area contributed by atoms with Gasteiger partial charge in [0.2, 0.25) is 5.91 Å². The highest BCUT2D eigenvalue weighted by molar-refractivity contribution is 7.92. The molecule has 2 aromatic heterocycles. The first-order valence-corrected chi connectivity index (χ1v) is 14.6. The third-order valence-electron chi connectivity index (χ3n) is 5.64. The molecule has 0 saturated heterocycles. The SMILES string of the molecule is COC(=O)Cn1c(=NC(=O)CS(=O)(=O)CC(=O)Nc2sc3c(c2C(=O)OC)CCC3)sc2cc(F)ccc21. The van der Waals surface area contributed by atoms with Crippen LogP contribution in [-0.2, 0) is 53.1 Å². The normalized spacial score (nSPS) is 13.4. The topological polar surface area (TPSA) is 150 Å². The van der Waals surface area contributed by atoms with Gasteiger partial charge in [-0.05, 0) is 43.0 Å². The average molecular weight is 584 g/mol. The number of rotatable bonds is 8. The molecule has 0 aliphatic heterocycles. The second kappa shape index (κ2) is 11.1. The minimum Gasteiger partial charge on any atom is -0.468 e. The predicted octanol–water partition coefficient (Wildman–Crippen LogP) is 1.83. The molecule has 4 rings (SSSR count). The van der Waals surface area contributed by atoms with Gasteiger partial charge in [0.25, 0.3) is 5.91 Å². The predicted molar refractivity (Wildman–Crippen MR) is 137 cm³/mol. The number of thiophene rings is 1. The number of methoxy groups -OCH3 is 2. The first-order chi connectivity index (χ1) is 18.0. The van der Waals surface area contributed by atoms with Crippen LogP contribution in [0.25, 0.3) is 10.2 Å². The Morgan fingerprint density at radius 1 is 1.11 bits per heavy atom. The summed E-state index contributed by atoms with van der Waals surface area (Å²) in [6, 6.07) is 3.77. The second-order valence-corrected chi connectivity index (χ2v) is 12.5. The van der Waals surface area contributed by atoms with Gasteiger partial charge in [0.1, 0.15) is 28.9 Å². The van der Waals surface area contributed by atoms with Crippen molar-refractivity contribution in [1.29, 1.82) is 0 Å². The third-order valence-corrected chi connectivity index (χ3v) is 9.28. The van der Waals surface area contributed by atoms with Gasteiger partial charge in [0, 0.05) is 4.88 Å².